The molecule has 0 amide bonds. The molecule has 32 valence electrons. The van der Waals surface area contributed by atoms with Crippen molar-refractivity contribution in [1.29, 1.82) is 0 Å². The molecule has 3 radical (unpaired) electrons. The van der Waals surface area contributed by atoms with E-state index in [1.807, 2.05) is 0 Å². The molecule has 0 unspecified atom stereocenters. The van der Waals surface area contributed by atoms with Crippen molar-refractivity contribution in [3.8, 4) is 0 Å². The van der Waals surface area contributed by atoms with Crippen LogP contribution < -0.4 is 0 Å². The van der Waals surface area contributed by atoms with Gasteiger partial charge in [0.25, 0.3) is 0 Å². The van der Waals surface area contributed by atoms with Crippen LogP contribution >= 0.6 is 0 Å². The first kappa shape index (κ1) is 61.0. The Morgan fingerprint density at radius 3 is 1.00 bits per heavy atom. The van der Waals surface area contributed by atoms with Gasteiger partial charge in [0.05, 0.1) is 0 Å². The Balaban J connectivity index is -0.00000000167. The number of rotatable bonds is 0. The van der Waals surface area contributed by atoms with E-state index >= 15 is 0 Å². The zero-order valence-electron chi connectivity index (χ0n) is 2.18. The van der Waals surface area contributed by atoms with Gasteiger partial charge >= 0.3 is 19.8 Å². The second-order valence-corrected chi connectivity index (χ2v) is 0. The minimum absolute atomic E-state index is 0. The molecule has 0 aliphatic heterocycles. The molecule has 0 rings (SSSR count). The molecule has 0 aromatic carbocycles. The summed E-state index contributed by atoms with van der Waals surface area (Å²) in [5.41, 5.74) is 0. The van der Waals surface area contributed by atoms with Gasteiger partial charge in [0.2, 0.25) is 0 Å². The number of hydrogen-bond acceptors (Lipinski definition) is 1. The molecule has 5 heavy (non-hydrogen) atoms. The van der Waals surface area contributed by atoms with Gasteiger partial charge in [-0.05, 0) is 0 Å². The molecule has 5 heteroatoms. The summed E-state index contributed by atoms with van der Waals surface area (Å²) >= 11 is 1.69. The summed E-state index contributed by atoms with van der Waals surface area (Å²) in [6.45, 7) is 0. The van der Waals surface area contributed by atoms with Gasteiger partial charge in [-0.2, -0.15) is 0 Å². The topological polar surface area (TPSA) is 17.1 Å². The average Bonchev–Trinajstić information content (AvgIpc) is 1.00. The second-order valence-electron chi connectivity index (χ2n) is 0. The first-order chi connectivity index (χ1) is 1.00. The van der Waals surface area contributed by atoms with E-state index in [0.29, 0.717) is 0 Å². The molecular formula is H2BF2MnO. The van der Waals surface area contributed by atoms with E-state index in [2.05, 4.69) is 0 Å². The first-order valence-corrected chi connectivity index (χ1v) is 0.636. The zero-order chi connectivity index (χ0) is 2.00. The van der Waals surface area contributed by atoms with Crippen molar-refractivity contribution in [3.63, 3.8) is 0 Å². The van der Waals surface area contributed by atoms with Gasteiger partial charge in [0, 0.05) is 8.41 Å². The van der Waals surface area contributed by atoms with Crippen molar-refractivity contribution in [1.82, 2.24) is 0 Å². The molecule has 0 fully saturated rings. The van der Waals surface area contributed by atoms with E-state index in [4.69, 9.17) is 3.83 Å². The average molecular weight is 122 g/mol. The van der Waals surface area contributed by atoms with Crippen molar-refractivity contribution in [2.75, 3.05) is 0 Å². The summed E-state index contributed by atoms with van der Waals surface area (Å²) in [4.78, 5) is 0. The third-order valence-corrected chi connectivity index (χ3v) is 0. The molecule has 0 N–H and O–H groups in total. The summed E-state index contributed by atoms with van der Waals surface area (Å²) in [7, 11) is 0. The monoisotopic (exact) mass is 122 g/mol. The van der Waals surface area contributed by atoms with Crippen LogP contribution in [0.15, 0.2) is 0 Å². The minimum atomic E-state index is 0. The molecular weight excluding hydrogens is 120 g/mol. The Morgan fingerprint density at radius 1 is 1.00 bits per heavy atom. The molecule has 0 aliphatic carbocycles. The Kier molecular flexibility index (Phi) is 9130. The van der Waals surface area contributed by atoms with Crippen LogP contribution in [0.2, 0.25) is 0 Å². The Labute approximate surface area is 38.5 Å². The molecule has 0 aromatic rings. The third-order valence-electron chi connectivity index (χ3n) is 0. The van der Waals surface area contributed by atoms with Crippen molar-refractivity contribution >= 4 is 8.41 Å². The SMILES string of the molecule is F.F.[B].[O]=[Mn]. The van der Waals surface area contributed by atoms with Crippen LogP contribution in [-0.4, -0.2) is 8.41 Å². The van der Waals surface area contributed by atoms with Crippen LogP contribution in [0.5, 0.6) is 0 Å². The maximum absolute atomic E-state index is 8.06. The van der Waals surface area contributed by atoms with Crippen LogP contribution in [0.1, 0.15) is 0 Å². The van der Waals surface area contributed by atoms with Gasteiger partial charge < -0.3 is 0 Å². The van der Waals surface area contributed by atoms with Crippen LogP contribution in [0.3, 0.4) is 0 Å². The molecule has 0 aliphatic rings. The normalized spacial score (nSPS) is 0.800. The van der Waals surface area contributed by atoms with Crippen molar-refractivity contribution in [2.45, 2.75) is 0 Å². The summed E-state index contributed by atoms with van der Waals surface area (Å²) in [5, 5.41) is 0. The predicted octanol–water partition coefficient (Wildman–Crippen LogP) is -0.197. The van der Waals surface area contributed by atoms with Gasteiger partial charge in [-0.15, -0.1) is 0 Å². The van der Waals surface area contributed by atoms with Crippen molar-refractivity contribution in [3.05, 3.63) is 0 Å². The molecule has 0 saturated heterocycles. The van der Waals surface area contributed by atoms with Gasteiger partial charge in [-0.3, -0.25) is 9.41 Å². The maximum atomic E-state index is 8.06. The molecule has 0 spiro atoms. The molecule has 0 atom stereocenters. The molecule has 0 heterocycles. The van der Waals surface area contributed by atoms with E-state index in [0.717, 1.165) is 0 Å². The molecule has 1 nitrogen and oxygen atoms in total. The molecule has 0 aromatic heterocycles. The third kappa shape index (κ3) is 358. The summed E-state index contributed by atoms with van der Waals surface area (Å²) in [6.07, 6.45) is 0. The Hall–Kier alpha value is 0.244. The fourth-order valence-corrected chi connectivity index (χ4v) is 0. The van der Waals surface area contributed by atoms with E-state index in [-0.39, 0.29) is 17.8 Å². The van der Waals surface area contributed by atoms with Crippen LogP contribution in [-0.2, 0) is 19.8 Å². The van der Waals surface area contributed by atoms with Crippen LogP contribution in [0, 0.1) is 0 Å². The van der Waals surface area contributed by atoms with Gasteiger partial charge in [-0.25, -0.2) is 0 Å². The summed E-state index contributed by atoms with van der Waals surface area (Å²) in [6, 6.07) is 0. The van der Waals surface area contributed by atoms with E-state index in [1.165, 1.54) is 0 Å². The van der Waals surface area contributed by atoms with E-state index in [9.17, 15) is 0 Å². The van der Waals surface area contributed by atoms with E-state index in [1.54, 1.807) is 15.9 Å². The fourth-order valence-electron chi connectivity index (χ4n) is 0. The fraction of sp³-hybridized carbons (Fsp3) is 0. The second kappa shape index (κ2) is 748. The summed E-state index contributed by atoms with van der Waals surface area (Å²) in [5.74, 6) is 0. The van der Waals surface area contributed by atoms with Gasteiger partial charge in [-0.1, -0.05) is 0 Å². The Morgan fingerprint density at radius 2 is 1.00 bits per heavy atom. The van der Waals surface area contributed by atoms with Crippen LogP contribution in [0.4, 0.5) is 9.41 Å². The van der Waals surface area contributed by atoms with Crippen molar-refractivity contribution in [2.24, 2.45) is 0 Å². The van der Waals surface area contributed by atoms with Crippen LogP contribution in [0.25, 0.3) is 0 Å². The van der Waals surface area contributed by atoms with Gasteiger partial charge in [0.1, 0.15) is 0 Å². The Bertz CT molecular complexity index is 9.61. The van der Waals surface area contributed by atoms with E-state index < -0.39 is 0 Å². The predicted molar refractivity (Wildman–Crippen MR) is 11.4 cm³/mol. The van der Waals surface area contributed by atoms with Crippen molar-refractivity contribution < 1.29 is 29.2 Å². The standard InChI is InChI=1S/B.2FH.Mn.O/h;2*1H;;. The van der Waals surface area contributed by atoms with Gasteiger partial charge in [0.15, 0.2) is 0 Å². The first-order valence-electron chi connectivity index (χ1n) is 0.154. The number of halogens is 2. The molecule has 0 bridgehead atoms. The quantitative estimate of drug-likeness (QED) is 0.406. The number of hydrogen-bond donors (Lipinski definition) is 0. The zero-order valence-corrected chi connectivity index (χ0v) is 3.36. The summed E-state index contributed by atoms with van der Waals surface area (Å²) < 4.78 is 8.06. The molecule has 0 saturated carbocycles.